The van der Waals surface area contributed by atoms with Crippen molar-refractivity contribution >= 4 is 49.6 Å². The van der Waals surface area contributed by atoms with Crippen LogP contribution in [0.4, 0.5) is 15.9 Å². The normalized spacial score (nSPS) is 10.9. The van der Waals surface area contributed by atoms with E-state index in [2.05, 4.69) is 47.4 Å². The van der Waals surface area contributed by atoms with Crippen molar-refractivity contribution in [2.24, 2.45) is 5.10 Å². The van der Waals surface area contributed by atoms with E-state index in [0.717, 1.165) is 11.8 Å². The number of halogens is 3. The number of aromatic nitrogens is 1. The molecule has 0 saturated heterocycles. The lowest BCUT2D eigenvalue weighted by atomic mass is 10.2. The van der Waals surface area contributed by atoms with Crippen LogP contribution >= 0.6 is 31.9 Å². The Bertz CT molecular complexity index is 1040. The minimum absolute atomic E-state index is 0.0880. The fraction of sp³-hybridized carbons (Fsp3) is 0.0526. The van der Waals surface area contributed by atoms with Gasteiger partial charge in [-0.05, 0) is 61.7 Å². The van der Waals surface area contributed by atoms with Crippen LogP contribution in [0, 0.1) is 15.9 Å². The second-order valence-electron chi connectivity index (χ2n) is 5.72. The van der Waals surface area contributed by atoms with Crippen LogP contribution in [0.5, 0.6) is 5.75 Å². The van der Waals surface area contributed by atoms with Crippen LogP contribution in [-0.4, -0.2) is 16.1 Å². The molecule has 3 aromatic rings. The summed E-state index contributed by atoms with van der Waals surface area (Å²) in [6, 6.07) is 12.8. The van der Waals surface area contributed by atoms with Crippen molar-refractivity contribution in [1.29, 1.82) is 0 Å². The Morgan fingerprint density at radius 3 is 2.55 bits per heavy atom. The van der Waals surface area contributed by atoms with Crippen LogP contribution in [0.3, 0.4) is 0 Å². The zero-order valence-electron chi connectivity index (χ0n) is 14.7. The molecule has 0 bridgehead atoms. The lowest BCUT2D eigenvalue weighted by molar-refractivity contribution is -0.385. The van der Waals surface area contributed by atoms with Crippen LogP contribution in [0.25, 0.3) is 0 Å². The SMILES string of the molecule is O=[N+]([O-])c1ccc(N/N=C/c2cc(Br)c(OCc3ccccc3F)c(Br)c2)nc1. The highest BCUT2D eigenvalue weighted by Crippen LogP contribution is 2.35. The zero-order chi connectivity index (χ0) is 20.8. The Morgan fingerprint density at radius 2 is 1.93 bits per heavy atom. The first-order chi connectivity index (χ1) is 13.9. The first-order valence-electron chi connectivity index (χ1n) is 8.19. The largest absolute Gasteiger partial charge is 0.486 e. The molecular weight excluding hydrogens is 511 g/mol. The average molecular weight is 524 g/mol. The van der Waals surface area contributed by atoms with Gasteiger partial charge < -0.3 is 4.74 Å². The van der Waals surface area contributed by atoms with E-state index in [4.69, 9.17) is 4.74 Å². The summed E-state index contributed by atoms with van der Waals surface area (Å²) in [5.74, 6) is 0.583. The van der Waals surface area contributed by atoms with Gasteiger partial charge in [0.2, 0.25) is 0 Å². The summed E-state index contributed by atoms with van der Waals surface area (Å²) in [5, 5.41) is 14.7. The molecule has 1 aromatic heterocycles. The predicted octanol–water partition coefficient (Wildman–Crippen LogP) is 5.68. The molecule has 0 spiro atoms. The van der Waals surface area contributed by atoms with Crippen molar-refractivity contribution in [3.05, 3.63) is 90.7 Å². The molecule has 0 saturated carbocycles. The summed E-state index contributed by atoms with van der Waals surface area (Å²) >= 11 is 6.88. The lowest BCUT2D eigenvalue weighted by Gasteiger charge is -2.11. The van der Waals surface area contributed by atoms with E-state index in [1.54, 1.807) is 36.5 Å². The van der Waals surface area contributed by atoms with Gasteiger partial charge in [-0.3, -0.25) is 15.5 Å². The number of ether oxygens (including phenoxy) is 1. The maximum absolute atomic E-state index is 13.7. The number of rotatable bonds is 7. The Balaban J connectivity index is 1.66. The van der Waals surface area contributed by atoms with Crippen LogP contribution in [0.2, 0.25) is 0 Å². The lowest BCUT2D eigenvalue weighted by Crippen LogP contribution is -2.00. The minimum Gasteiger partial charge on any atom is -0.486 e. The Labute approximate surface area is 182 Å². The summed E-state index contributed by atoms with van der Waals surface area (Å²) in [7, 11) is 0. The van der Waals surface area contributed by atoms with Gasteiger partial charge in [0.1, 0.15) is 30.2 Å². The fourth-order valence-corrected chi connectivity index (χ4v) is 3.74. The third kappa shape index (κ3) is 5.58. The molecule has 7 nitrogen and oxygen atoms in total. The van der Waals surface area contributed by atoms with Gasteiger partial charge in [-0.15, -0.1) is 0 Å². The standard InChI is InChI=1S/C19H13Br2FN4O3/c20-15-7-12(9-24-25-18-6-5-14(10-23-18)26(27)28)8-16(21)19(15)29-11-13-3-1-2-4-17(13)22/h1-10H,11H2,(H,23,25)/b24-9+. The van der Waals surface area contributed by atoms with Crippen LogP contribution in [-0.2, 0) is 6.61 Å². The predicted molar refractivity (Wildman–Crippen MR) is 115 cm³/mol. The molecule has 0 atom stereocenters. The van der Waals surface area contributed by atoms with E-state index >= 15 is 0 Å². The summed E-state index contributed by atoms with van der Waals surface area (Å²) in [6.45, 7) is 0.0880. The van der Waals surface area contributed by atoms with Gasteiger partial charge in [-0.2, -0.15) is 5.10 Å². The molecule has 10 heteroatoms. The quantitative estimate of drug-likeness (QED) is 0.244. The number of anilines is 1. The number of nitro groups is 1. The van der Waals surface area contributed by atoms with Gasteiger partial charge in [0, 0.05) is 11.6 Å². The number of nitrogens with zero attached hydrogens (tertiary/aromatic N) is 3. The van der Waals surface area contributed by atoms with Crippen LogP contribution in [0.1, 0.15) is 11.1 Å². The molecule has 29 heavy (non-hydrogen) atoms. The number of hydrazone groups is 1. The molecule has 1 heterocycles. The van der Waals surface area contributed by atoms with Crippen LogP contribution in [0.15, 0.2) is 68.8 Å². The monoisotopic (exact) mass is 522 g/mol. The first kappa shape index (κ1) is 20.9. The molecule has 148 valence electrons. The highest BCUT2D eigenvalue weighted by molar-refractivity contribution is 9.11. The summed E-state index contributed by atoms with van der Waals surface area (Å²) < 4.78 is 20.8. The van der Waals surface area contributed by atoms with Gasteiger partial charge in [0.05, 0.1) is 20.1 Å². The molecule has 3 rings (SSSR count). The molecule has 0 fully saturated rings. The molecule has 0 radical (unpaired) electrons. The second kappa shape index (κ2) is 9.57. The third-order valence-electron chi connectivity index (χ3n) is 3.70. The fourth-order valence-electron chi connectivity index (χ4n) is 2.29. The second-order valence-corrected chi connectivity index (χ2v) is 7.43. The van der Waals surface area contributed by atoms with Gasteiger partial charge >= 0.3 is 0 Å². The van der Waals surface area contributed by atoms with E-state index in [0.29, 0.717) is 26.1 Å². The topological polar surface area (TPSA) is 89.7 Å². The summed E-state index contributed by atoms with van der Waals surface area (Å²) in [6.07, 6.45) is 2.70. The van der Waals surface area contributed by atoms with E-state index in [-0.39, 0.29) is 18.1 Å². The molecule has 0 amide bonds. The first-order valence-corrected chi connectivity index (χ1v) is 9.77. The molecule has 1 N–H and O–H groups in total. The number of pyridine rings is 1. The Kier molecular flexibility index (Phi) is 6.89. The average Bonchev–Trinajstić information content (AvgIpc) is 2.69. The maximum atomic E-state index is 13.7. The zero-order valence-corrected chi connectivity index (χ0v) is 17.9. The van der Waals surface area contributed by atoms with Crippen LogP contribution < -0.4 is 10.2 Å². The number of hydrogen-bond acceptors (Lipinski definition) is 6. The molecule has 0 aliphatic rings. The third-order valence-corrected chi connectivity index (χ3v) is 4.88. The van der Waals surface area contributed by atoms with Crippen molar-refractivity contribution in [2.75, 3.05) is 5.43 Å². The van der Waals surface area contributed by atoms with E-state index in [9.17, 15) is 14.5 Å². The van der Waals surface area contributed by atoms with Crippen molar-refractivity contribution in [1.82, 2.24) is 4.98 Å². The molecule has 0 unspecified atom stereocenters. The van der Waals surface area contributed by atoms with Crippen molar-refractivity contribution in [2.45, 2.75) is 6.61 Å². The summed E-state index contributed by atoms with van der Waals surface area (Å²) in [5.41, 5.74) is 3.80. The maximum Gasteiger partial charge on any atom is 0.287 e. The van der Waals surface area contributed by atoms with Crippen molar-refractivity contribution in [3.8, 4) is 5.75 Å². The van der Waals surface area contributed by atoms with Gasteiger partial charge in [-0.1, -0.05) is 18.2 Å². The van der Waals surface area contributed by atoms with Crippen molar-refractivity contribution in [3.63, 3.8) is 0 Å². The molecular formula is C19H13Br2FN4O3. The minimum atomic E-state index is -0.523. The van der Waals surface area contributed by atoms with E-state index in [1.807, 2.05) is 0 Å². The van der Waals surface area contributed by atoms with E-state index in [1.165, 1.54) is 18.2 Å². The highest BCUT2D eigenvalue weighted by atomic mass is 79.9. The molecule has 0 aliphatic heterocycles. The number of benzene rings is 2. The summed E-state index contributed by atoms with van der Waals surface area (Å²) in [4.78, 5) is 14.0. The van der Waals surface area contributed by atoms with Gasteiger partial charge in [0.15, 0.2) is 0 Å². The Morgan fingerprint density at radius 1 is 1.21 bits per heavy atom. The number of nitrogens with one attached hydrogen (secondary N) is 1. The highest BCUT2D eigenvalue weighted by Gasteiger charge is 2.10. The molecule has 2 aromatic carbocycles. The molecule has 0 aliphatic carbocycles. The van der Waals surface area contributed by atoms with Gasteiger partial charge in [-0.25, -0.2) is 9.37 Å². The Hall–Kier alpha value is -2.85. The van der Waals surface area contributed by atoms with Gasteiger partial charge in [0.25, 0.3) is 5.69 Å². The smallest absolute Gasteiger partial charge is 0.287 e. The van der Waals surface area contributed by atoms with Crippen molar-refractivity contribution < 1.29 is 14.1 Å². The van der Waals surface area contributed by atoms with E-state index < -0.39 is 4.92 Å². The number of hydrogen-bond donors (Lipinski definition) is 1.